The van der Waals surface area contributed by atoms with E-state index in [4.69, 9.17) is 4.52 Å². The maximum atomic E-state index is 12.6. The average molecular weight is 328 g/mol. The molecule has 0 saturated heterocycles. The molecule has 1 unspecified atom stereocenters. The molecule has 0 aliphatic heterocycles. The Labute approximate surface area is 138 Å². The van der Waals surface area contributed by atoms with Gasteiger partial charge in [-0.2, -0.15) is 0 Å². The molecule has 0 spiro atoms. The molecule has 0 bridgehead atoms. The van der Waals surface area contributed by atoms with Gasteiger partial charge in [-0.1, -0.05) is 68.4 Å². The smallest absolute Gasteiger partial charge is 0.309 e. The molecule has 3 nitrogen and oxygen atoms in total. The molecule has 2 aromatic rings. The monoisotopic (exact) mass is 328 g/mol. The van der Waals surface area contributed by atoms with Crippen LogP contribution in [0.25, 0.3) is 11.1 Å². The molecule has 0 aliphatic rings. The van der Waals surface area contributed by atoms with Crippen LogP contribution < -0.4 is 0 Å². The number of rotatable bonds is 6. The highest BCUT2D eigenvalue weighted by Crippen LogP contribution is 2.29. The first-order valence-corrected chi connectivity index (χ1v) is 8.91. The first-order chi connectivity index (χ1) is 10.9. The number of hydrogen-bond acceptors (Lipinski definition) is 3. The number of benzene rings is 2. The van der Waals surface area contributed by atoms with Gasteiger partial charge in [0.15, 0.2) is 5.78 Å². The Morgan fingerprint density at radius 2 is 1.52 bits per heavy atom. The molecule has 120 valence electrons. The molecule has 2 aromatic carbocycles. The molecular formula is C19H21O3P. The van der Waals surface area contributed by atoms with Crippen molar-refractivity contribution in [3.63, 3.8) is 0 Å². The minimum atomic E-state index is -0.773. The van der Waals surface area contributed by atoms with E-state index >= 15 is 0 Å². The van der Waals surface area contributed by atoms with Crippen LogP contribution in [-0.2, 0) is 9.32 Å². The lowest BCUT2D eigenvalue weighted by atomic mass is 9.81. The summed E-state index contributed by atoms with van der Waals surface area (Å²) in [5, 5.41) is 0. The van der Waals surface area contributed by atoms with E-state index in [1.54, 1.807) is 20.5 Å². The summed E-state index contributed by atoms with van der Waals surface area (Å²) in [6, 6.07) is 17.5. The fourth-order valence-corrected chi connectivity index (χ4v) is 2.73. The fraction of sp³-hybridized carbons (Fsp3) is 0.263. The molecule has 1 atom stereocenters. The van der Waals surface area contributed by atoms with Gasteiger partial charge in [-0.15, -0.1) is 0 Å². The SMILES string of the molecule is CPOC(=O)CC(C)(C)C(=O)c1ccc(-c2ccccc2)cc1. The quantitative estimate of drug-likeness (QED) is 0.569. The highest BCUT2D eigenvalue weighted by atomic mass is 31.1. The molecule has 0 heterocycles. The van der Waals surface area contributed by atoms with Crippen molar-refractivity contribution in [3.8, 4) is 11.1 Å². The summed E-state index contributed by atoms with van der Waals surface area (Å²) >= 11 is 0. The summed E-state index contributed by atoms with van der Waals surface area (Å²) in [6.45, 7) is 5.34. The summed E-state index contributed by atoms with van der Waals surface area (Å²) in [5.74, 6) is -0.376. The van der Waals surface area contributed by atoms with Crippen molar-refractivity contribution >= 4 is 20.6 Å². The number of ketones is 1. The van der Waals surface area contributed by atoms with Crippen molar-refractivity contribution < 1.29 is 14.1 Å². The van der Waals surface area contributed by atoms with Gasteiger partial charge in [-0.25, -0.2) is 0 Å². The summed E-state index contributed by atoms with van der Waals surface area (Å²) in [7, 11) is 0.105. The van der Waals surface area contributed by atoms with Crippen LogP contribution in [0.4, 0.5) is 0 Å². The third kappa shape index (κ3) is 4.49. The van der Waals surface area contributed by atoms with E-state index in [0.29, 0.717) is 5.56 Å². The number of carbonyl (C=O) groups excluding carboxylic acids is 2. The number of Topliss-reactive ketones (excluding diaryl/α,β-unsaturated/α-hetero) is 1. The van der Waals surface area contributed by atoms with Crippen molar-refractivity contribution in [1.29, 1.82) is 0 Å². The van der Waals surface area contributed by atoms with Crippen LogP contribution >= 0.6 is 8.81 Å². The van der Waals surface area contributed by atoms with E-state index in [1.807, 2.05) is 54.6 Å². The fourth-order valence-electron chi connectivity index (χ4n) is 2.43. The predicted molar refractivity (Wildman–Crippen MR) is 94.9 cm³/mol. The second kappa shape index (κ2) is 7.52. The first-order valence-electron chi connectivity index (χ1n) is 7.51. The van der Waals surface area contributed by atoms with E-state index in [-0.39, 0.29) is 27.0 Å². The first kappa shape index (κ1) is 17.4. The van der Waals surface area contributed by atoms with Gasteiger partial charge in [0, 0.05) is 11.0 Å². The molecular weight excluding hydrogens is 307 g/mol. The number of hydrogen-bond donors (Lipinski definition) is 0. The second-order valence-electron chi connectivity index (χ2n) is 6.01. The molecule has 23 heavy (non-hydrogen) atoms. The summed E-state index contributed by atoms with van der Waals surface area (Å²) in [6.07, 6.45) is 0.0904. The molecule has 0 aliphatic carbocycles. The Hall–Kier alpha value is -1.99. The zero-order valence-electron chi connectivity index (χ0n) is 13.6. The average Bonchev–Trinajstić information content (AvgIpc) is 2.55. The molecule has 0 amide bonds. The van der Waals surface area contributed by atoms with E-state index < -0.39 is 5.41 Å². The highest BCUT2D eigenvalue weighted by molar-refractivity contribution is 7.31. The van der Waals surface area contributed by atoms with Gasteiger partial charge in [0.05, 0.1) is 15.2 Å². The number of carbonyl (C=O) groups is 2. The lowest BCUT2D eigenvalue weighted by Gasteiger charge is -2.22. The van der Waals surface area contributed by atoms with Gasteiger partial charge in [-0.3, -0.25) is 9.59 Å². The molecule has 4 heteroatoms. The van der Waals surface area contributed by atoms with Crippen molar-refractivity contribution in [2.45, 2.75) is 20.3 Å². The van der Waals surface area contributed by atoms with Crippen molar-refractivity contribution in [2.75, 3.05) is 6.66 Å². The van der Waals surface area contributed by atoms with Gasteiger partial charge < -0.3 is 4.52 Å². The van der Waals surface area contributed by atoms with E-state index in [1.165, 1.54) is 0 Å². The molecule has 2 rings (SSSR count). The molecule has 0 radical (unpaired) electrons. The normalized spacial score (nSPS) is 11.6. The van der Waals surface area contributed by atoms with Crippen LogP contribution in [0.3, 0.4) is 0 Å². The van der Waals surface area contributed by atoms with E-state index in [2.05, 4.69) is 0 Å². The molecule has 0 aromatic heterocycles. The van der Waals surface area contributed by atoms with Crippen LogP contribution in [-0.4, -0.2) is 18.4 Å². The maximum Gasteiger partial charge on any atom is 0.309 e. The summed E-state index contributed by atoms with van der Waals surface area (Å²) in [4.78, 5) is 24.3. The predicted octanol–water partition coefficient (Wildman–Crippen LogP) is 4.72. The molecule has 0 N–H and O–H groups in total. The highest BCUT2D eigenvalue weighted by Gasteiger charge is 2.31. The van der Waals surface area contributed by atoms with Crippen LogP contribution in [0.1, 0.15) is 30.6 Å². The van der Waals surface area contributed by atoms with Crippen LogP contribution in [0.5, 0.6) is 0 Å². The van der Waals surface area contributed by atoms with Crippen LogP contribution in [0.15, 0.2) is 54.6 Å². The zero-order valence-corrected chi connectivity index (χ0v) is 14.6. The lowest BCUT2D eigenvalue weighted by molar-refractivity contribution is -0.135. The zero-order chi connectivity index (χ0) is 16.9. The summed E-state index contributed by atoms with van der Waals surface area (Å²) < 4.78 is 4.98. The van der Waals surface area contributed by atoms with Crippen LogP contribution in [0, 0.1) is 5.41 Å². The van der Waals surface area contributed by atoms with Gasteiger partial charge >= 0.3 is 5.97 Å². The Morgan fingerprint density at radius 3 is 2.09 bits per heavy atom. The van der Waals surface area contributed by atoms with Crippen molar-refractivity contribution in [1.82, 2.24) is 0 Å². The van der Waals surface area contributed by atoms with Crippen molar-refractivity contribution in [3.05, 3.63) is 60.2 Å². The summed E-state index contributed by atoms with van der Waals surface area (Å²) in [5.41, 5.74) is 2.01. The topological polar surface area (TPSA) is 43.4 Å². The third-order valence-electron chi connectivity index (χ3n) is 3.67. The Bertz CT molecular complexity index is 676. The minimum Gasteiger partial charge on any atom is -0.448 e. The third-order valence-corrected chi connectivity index (χ3v) is 4.10. The van der Waals surface area contributed by atoms with Crippen molar-refractivity contribution in [2.24, 2.45) is 5.41 Å². The molecule has 0 saturated carbocycles. The van der Waals surface area contributed by atoms with Gasteiger partial charge in [0.2, 0.25) is 0 Å². The van der Waals surface area contributed by atoms with Crippen LogP contribution in [0.2, 0.25) is 0 Å². The van der Waals surface area contributed by atoms with Gasteiger partial charge in [0.25, 0.3) is 0 Å². The maximum absolute atomic E-state index is 12.6. The van der Waals surface area contributed by atoms with E-state index in [9.17, 15) is 9.59 Å². The molecule has 0 fully saturated rings. The second-order valence-corrected chi connectivity index (χ2v) is 6.62. The van der Waals surface area contributed by atoms with E-state index in [0.717, 1.165) is 11.1 Å². The largest absolute Gasteiger partial charge is 0.448 e. The standard InChI is InChI=1S/C19H21O3P/c1-19(2,13-17(20)22-23-3)18(21)16-11-9-15(10-12-16)14-7-5-4-6-8-14/h4-12,23H,13H2,1-3H3. The minimum absolute atomic E-state index is 0.0477. The van der Waals surface area contributed by atoms with Gasteiger partial charge in [-0.05, 0) is 17.8 Å². The van der Waals surface area contributed by atoms with Gasteiger partial charge in [0.1, 0.15) is 0 Å². The Balaban J connectivity index is 2.15. The Morgan fingerprint density at radius 1 is 0.957 bits per heavy atom. The lowest BCUT2D eigenvalue weighted by Crippen LogP contribution is -2.27. The Kier molecular flexibility index (Phi) is 5.68.